The van der Waals surface area contributed by atoms with Gasteiger partial charge in [-0.1, -0.05) is 66.0 Å². The number of aliphatic hydroxyl groups is 3. The van der Waals surface area contributed by atoms with Crippen molar-refractivity contribution in [2.75, 3.05) is 0 Å². The number of hydrogen-bond donors (Lipinski definition) is 5. The average molecular weight is 659 g/mol. The first-order chi connectivity index (χ1) is 21.8. The van der Waals surface area contributed by atoms with Gasteiger partial charge < -0.3 is 35.0 Å². The molecule has 9 heteroatoms. The number of carboxylic acid groups (broad SMARTS) is 2. The molecular weight excluding hydrogens is 600 g/mol. The maximum absolute atomic E-state index is 13.0. The lowest BCUT2D eigenvalue weighted by atomic mass is 9.31. The molecule has 1 heterocycles. The molecule has 15 unspecified atom stereocenters. The molecule has 15 atom stereocenters. The van der Waals surface area contributed by atoms with E-state index in [0.717, 1.165) is 77.0 Å². The Morgan fingerprint density at radius 3 is 2.21 bits per heavy atom. The van der Waals surface area contributed by atoms with E-state index in [4.69, 9.17) is 9.47 Å². The van der Waals surface area contributed by atoms with E-state index in [0.29, 0.717) is 17.8 Å². The minimum atomic E-state index is -1.74. The number of aliphatic hydroxyl groups excluding tert-OH is 3. The fourth-order valence-corrected chi connectivity index (χ4v) is 13.8. The minimum Gasteiger partial charge on any atom is -0.481 e. The maximum Gasteiger partial charge on any atom is 0.335 e. The van der Waals surface area contributed by atoms with Gasteiger partial charge in [0, 0.05) is 0 Å². The summed E-state index contributed by atoms with van der Waals surface area (Å²) < 4.78 is 12.1. The molecule has 7 rings (SSSR count). The number of rotatable bonds is 4. The molecule has 0 aromatic heterocycles. The van der Waals surface area contributed by atoms with Crippen LogP contribution < -0.4 is 0 Å². The molecule has 1 saturated heterocycles. The summed E-state index contributed by atoms with van der Waals surface area (Å²) in [6.07, 6.45) is 5.44. The third-order valence-electron chi connectivity index (χ3n) is 16.2. The molecule has 264 valence electrons. The number of allylic oxidation sites excluding steroid dienone is 2. The fraction of sp³-hybridized carbons (Fsp3) is 0.895. The summed E-state index contributed by atoms with van der Waals surface area (Å²) in [5.74, 6) is -0.663. The molecule has 9 nitrogen and oxygen atoms in total. The van der Waals surface area contributed by atoms with Gasteiger partial charge in [-0.15, -0.1) is 0 Å². The van der Waals surface area contributed by atoms with Crippen molar-refractivity contribution in [3.63, 3.8) is 0 Å². The molecule has 5 N–H and O–H groups in total. The first-order valence-electron chi connectivity index (χ1n) is 18.4. The van der Waals surface area contributed by atoms with E-state index in [-0.39, 0.29) is 39.1 Å². The first-order valence-corrected chi connectivity index (χ1v) is 18.4. The van der Waals surface area contributed by atoms with E-state index in [1.54, 1.807) is 0 Å². The zero-order chi connectivity index (χ0) is 34.1. The monoisotopic (exact) mass is 658 g/mol. The highest BCUT2D eigenvalue weighted by molar-refractivity contribution is 5.76. The van der Waals surface area contributed by atoms with Crippen LogP contribution in [0.25, 0.3) is 0 Å². The second-order valence-corrected chi connectivity index (χ2v) is 18.8. The lowest BCUT2D eigenvalue weighted by molar-refractivity contribution is -0.331. The minimum absolute atomic E-state index is 0.0241. The molecule has 0 radical (unpaired) electrons. The highest BCUT2D eigenvalue weighted by atomic mass is 16.7. The standard InChI is InChI=1S/C38H58O9/c1-33(2)14-16-38(32(44)45)17-15-36(5)21(22(38)19-33)9-10-23-34(3)13-11-24(35(4)12-7-8-20(29(34)35)18-37(23,36)6)46-31-27(41)25(39)26(40)28(47-31)30(42)43/h9,20,22-29,31,39-41H,7-8,10-19H2,1-6H3,(H,42,43)(H,44,45). The lowest BCUT2D eigenvalue weighted by Crippen LogP contribution is -2.69. The van der Waals surface area contributed by atoms with Crippen LogP contribution in [0.4, 0.5) is 0 Å². The number of carboxylic acids is 2. The largest absolute Gasteiger partial charge is 0.481 e. The summed E-state index contributed by atoms with van der Waals surface area (Å²) in [5.41, 5.74) is 0.668. The molecule has 0 bridgehead atoms. The van der Waals surface area contributed by atoms with Crippen molar-refractivity contribution >= 4 is 11.9 Å². The summed E-state index contributed by atoms with van der Waals surface area (Å²) in [7, 11) is 0. The molecule has 0 amide bonds. The van der Waals surface area contributed by atoms with Crippen molar-refractivity contribution < 1.29 is 44.6 Å². The first kappa shape index (κ1) is 34.0. The van der Waals surface area contributed by atoms with Crippen LogP contribution in [0.1, 0.15) is 119 Å². The van der Waals surface area contributed by atoms with Gasteiger partial charge in [0.25, 0.3) is 0 Å². The summed E-state index contributed by atoms with van der Waals surface area (Å²) >= 11 is 0. The Morgan fingerprint density at radius 1 is 0.830 bits per heavy atom. The summed E-state index contributed by atoms with van der Waals surface area (Å²) in [4.78, 5) is 24.8. The number of fused-ring (bicyclic) bond motifs is 6. The zero-order valence-corrected chi connectivity index (χ0v) is 29.2. The Labute approximate surface area is 279 Å². The van der Waals surface area contributed by atoms with Crippen molar-refractivity contribution in [3.8, 4) is 0 Å². The van der Waals surface area contributed by atoms with Crippen LogP contribution in [-0.4, -0.2) is 74.3 Å². The second kappa shape index (κ2) is 10.7. The Bertz CT molecular complexity index is 1340. The van der Waals surface area contributed by atoms with Crippen LogP contribution in [0.15, 0.2) is 11.6 Å². The quantitative estimate of drug-likeness (QED) is 0.194. The van der Waals surface area contributed by atoms with Crippen molar-refractivity contribution in [2.45, 2.75) is 155 Å². The molecule has 1 aliphatic heterocycles. The fourth-order valence-electron chi connectivity index (χ4n) is 13.8. The van der Waals surface area contributed by atoms with E-state index in [1.807, 2.05) is 0 Å². The maximum atomic E-state index is 13.0. The molecule has 6 aliphatic carbocycles. The smallest absolute Gasteiger partial charge is 0.335 e. The van der Waals surface area contributed by atoms with Gasteiger partial charge in [-0.05, 0) is 115 Å². The number of carbonyl (C=O) groups is 2. The van der Waals surface area contributed by atoms with Gasteiger partial charge in [0.05, 0.1) is 11.5 Å². The van der Waals surface area contributed by atoms with Gasteiger partial charge in [0.2, 0.25) is 0 Å². The van der Waals surface area contributed by atoms with E-state index < -0.39 is 48.1 Å². The van der Waals surface area contributed by atoms with Gasteiger partial charge in [-0.3, -0.25) is 4.79 Å². The number of ether oxygens (including phenoxy) is 2. The molecular formula is C38H58O9. The van der Waals surface area contributed by atoms with Crippen LogP contribution >= 0.6 is 0 Å². The third kappa shape index (κ3) is 4.51. The Hall–Kier alpha value is -1.52. The normalized spacial score (nSPS) is 55.0. The highest BCUT2D eigenvalue weighted by Crippen LogP contribution is 2.78. The third-order valence-corrected chi connectivity index (χ3v) is 16.2. The molecule has 0 aromatic rings. The van der Waals surface area contributed by atoms with E-state index >= 15 is 0 Å². The Kier molecular flexibility index (Phi) is 7.76. The predicted octanol–water partition coefficient (Wildman–Crippen LogP) is 5.54. The van der Waals surface area contributed by atoms with E-state index in [2.05, 4.69) is 47.6 Å². The summed E-state index contributed by atoms with van der Waals surface area (Å²) in [6, 6.07) is 0. The van der Waals surface area contributed by atoms with Crippen LogP contribution in [0.3, 0.4) is 0 Å². The summed E-state index contributed by atoms with van der Waals surface area (Å²) in [6.45, 7) is 14.5. The Morgan fingerprint density at radius 2 is 1.53 bits per heavy atom. The van der Waals surface area contributed by atoms with Crippen LogP contribution in [-0.2, 0) is 19.1 Å². The van der Waals surface area contributed by atoms with Gasteiger partial charge in [0.1, 0.15) is 18.3 Å². The molecule has 6 fully saturated rings. The highest BCUT2D eigenvalue weighted by Gasteiger charge is 2.72. The molecule has 47 heavy (non-hydrogen) atoms. The number of hydrogen-bond acceptors (Lipinski definition) is 7. The average Bonchev–Trinajstić information content (AvgIpc) is 2.98. The van der Waals surface area contributed by atoms with Gasteiger partial charge in [-0.2, -0.15) is 0 Å². The molecule has 5 saturated carbocycles. The van der Waals surface area contributed by atoms with Crippen molar-refractivity contribution in [3.05, 3.63) is 11.6 Å². The molecule has 0 aromatic carbocycles. The van der Waals surface area contributed by atoms with Gasteiger partial charge in [0.15, 0.2) is 12.4 Å². The van der Waals surface area contributed by atoms with Crippen molar-refractivity contribution in [1.29, 1.82) is 0 Å². The van der Waals surface area contributed by atoms with Crippen molar-refractivity contribution in [2.24, 2.45) is 56.2 Å². The van der Waals surface area contributed by atoms with E-state index in [9.17, 15) is 35.1 Å². The predicted molar refractivity (Wildman–Crippen MR) is 173 cm³/mol. The molecule has 7 aliphatic rings. The van der Waals surface area contributed by atoms with Crippen molar-refractivity contribution in [1.82, 2.24) is 0 Å². The van der Waals surface area contributed by atoms with Crippen LogP contribution in [0, 0.1) is 56.2 Å². The topological polar surface area (TPSA) is 154 Å². The lowest BCUT2D eigenvalue weighted by Gasteiger charge is -2.74. The second-order valence-electron chi connectivity index (χ2n) is 18.8. The zero-order valence-electron chi connectivity index (χ0n) is 29.2. The summed E-state index contributed by atoms with van der Waals surface area (Å²) in [5, 5.41) is 51.9. The Balaban J connectivity index is 1.22. The van der Waals surface area contributed by atoms with Crippen LogP contribution in [0.5, 0.6) is 0 Å². The van der Waals surface area contributed by atoms with Gasteiger partial charge in [-0.25, -0.2) is 4.79 Å². The molecule has 0 spiro atoms. The SMILES string of the molecule is CC1(C)CCC2(C(=O)O)CCC3(C)C(=CCC4C5(C)CCC(OC6OC(C(=O)O)C(O)C(O)C6O)C6(C)CCCC(CC43C)C65)C2C1. The van der Waals surface area contributed by atoms with Crippen LogP contribution in [0.2, 0.25) is 0 Å². The van der Waals surface area contributed by atoms with Gasteiger partial charge >= 0.3 is 11.9 Å². The van der Waals surface area contributed by atoms with E-state index in [1.165, 1.54) is 5.57 Å². The number of aliphatic carboxylic acids is 2.